The first-order valence-corrected chi connectivity index (χ1v) is 7.32. The molecular weight excluding hydrogens is 293 g/mol. The van der Waals surface area contributed by atoms with Crippen LogP contribution in [0.25, 0.3) is 0 Å². The number of anilines is 1. The van der Waals surface area contributed by atoms with Crippen molar-refractivity contribution < 1.29 is 9.18 Å². The number of nitriles is 1. The number of halogens is 1. The molecular formula is C18H18FN3O. The summed E-state index contributed by atoms with van der Waals surface area (Å²) in [5.74, 6) is -0.523. The van der Waals surface area contributed by atoms with Crippen LogP contribution in [0.4, 0.5) is 10.1 Å². The van der Waals surface area contributed by atoms with Crippen molar-refractivity contribution >= 4 is 11.6 Å². The van der Waals surface area contributed by atoms with Gasteiger partial charge in [-0.25, -0.2) is 4.39 Å². The van der Waals surface area contributed by atoms with Gasteiger partial charge in [0, 0.05) is 17.3 Å². The average Bonchev–Trinajstić information content (AvgIpc) is 2.55. The van der Waals surface area contributed by atoms with Gasteiger partial charge in [-0.15, -0.1) is 0 Å². The summed E-state index contributed by atoms with van der Waals surface area (Å²) < 4.78 is 13.7. The zero-order valence-electron chi connectivity index (χ0n) is 13.0. The van der Waals surface area contributed by atoms with Crippen molar-refractivity contribution in [3.63, 3.8) is 0 Å². The Morgan fingerprint density at radius 1 is 1.13 bits per heavy atom. The Morgan fingerprint density at radius 3 is 2.39 bits per heavy atom. The van der Waals surface area contributed by atoms with Crippen molar-refractivity contribution in [3.8, 4) is 6.07 Å². The molecule has 0 heterocycles. The van der Waals surface area contributed by atoms with Gasteiger partial charge < -0.3 is 5.32 Å². The van der Waals surface area contributed by atoms with Crippen molar-refractivity contribution in [2.45, 2.75) is 25.9 Å². The first-order valence-electron chi connectivity index (χ1n) is 7.32. The maximum Gasteiger partial charge on any atom is 0.241 e. The zero-order chi connectivity index (χ0) is 16.8. The maximum absolute atomic E-state index is 13.7. The van der Waals surface area contributed by atoms with E-state index in [1.807, 2.05) is 13.0 Å². The third-order valence-electron chi connectivity index (χ3n) is 3.55. The normalized spacial score (nSPS) is 13.0. The number of hydrogen-bond donors (Lipinski definition) is 2. The van der Waals surface area contributed by atoms with Gasteiger partial charge in [-0.05, 0) is 44.2 Å². The van der Waals surface area contributed by atoms with E-state index in [9.17, 15) is 9.18 Å². The number of nitrogens with zero attached hydrogens (tertiary/aromatic N) is 1. The van der Waals surface area contributed by atoms with Crippen molar-refractivity contribution in [3.05, 3.63) is 65.5 Å². The highest BCUT2D eigenvalue weighted by atomic mass is 19.1. The van der Waals surface area contributed by atoms with Crippen molar-refractivity contribution in [2.75, 3.05) is 5.32 Å². The van der Waals surface area contributed by atoms with E-state index in [4.69, 9.17) is 5.26 Å². The lowest BCUT2D eigenvalue weighted by atomic mass is 10.1. The van der Waals surface area contributed by atoms with Crippen LogP contribution in [0.15, 0.2) is 48.5 Å². The highest BCUT2D eigenvalue weighted by molar-refractivity contribution is 5.94. The molecule has 5 heteroatoms. The maximum atomic E-state index is 13.7. The van der Waals surface area contributed by atoms with E-state index in [0.29, 0.717) is 16.8 Å². The Balaban J connectivity index is 1.97. The summed E-state index contributed by atoms with van der Waals surface area (Å²) in [6.07, 6.45) is 0. The fourth-order valence-corrected chi connectivity index (χ4v) is 2.25. The minimum absolute atomic E-state index is 0.224. The summed E-state index contributed by atoms with van der Waals surface area (Å²) in [5, 5.41) is 14.6. The van der Waals surface area contributed by atoms with Gasteiger partial charge in [0.15, 0.2) is 0 Å². The largest absolute Gasteiger partial charge is 0.325 e. The minimum atomic E-state index is -0.500. The van der Waals surface area contributed by atoms with E-state index in [0.717, 1.165) is 0 Å². The number of carbonyl (C=O) groups is 1. The first-order chi connectivity index (χ1) is 11.0. The van der Waals surface area contributed by atoms with Crippen LogP contribution in [-0.4, -0.2) is 11.9 Å². The molecule has 0 radical (unpaired) electrons. The molecule has 2 N–H and O–H groups in total. The number of hydrogen-bond acceptors (Lipinski definition) is 3. The Hall–Kier alpha value is -2.71. The summed E-state index contributed by atoms with van der Waals surface area (Å²) in [6.45, 7) is 3.53. The van der Waals surface area contributed by atoms with Gasteiger partial charge in [0.25, 0.3) is 0 Å². The Morgan fingerprint density at radius 2 is 1.78 bits per heavy atom. The van der Waals surface area contributed by atoms with Crippen LogP contribution >= 0.6 is 0 Å². The second kappa shape index (κ2) is 7.52. The van der Waals surface area contributed by atoms with Crippen molar-refractivity contribution in [2.24, 2.45) is 0 Å². The summed E-state index contributed by atoms with van der Waals surface area (Å²) in [4.78, 5) is 12.2. The second-order valence-electron chi connectivity index (χ2n) is 5.31. The Bertz CT molecular complexity index is 722. The van der Waals surface area contributed by atoms with Gasteiger partial charge in [0.2, 0.25) is 5.91 Å². The number of carbonyl (C=O) groups excluding carboxylic acids is 1. The number of amides is 1. The van der Waals surface area contributed by atoms with E-state index >= 15 is 0 Å². The smallest absolute Gasteiger partial charge is 0.241 e. The molecule has 0 aliphatic carbocycles. The van der Waals surface area contributed by atoms with Gasteiger partial charge >= 0.3 is 0 Å². The summed E-state index contributed by atoms with van der Waals surface area (Å²) in [6, 6.07) is 14.3. The van der Waals surface area contributed by atoms with Gasteiger partial charge in [0.05, 0.1) is 17.7 Å². The fraction of sp³-hybridized carbons (Fsp3) is 0.222. The van der Waals surface area contributed by atoms with E-state index in [1.165, 1.54) is 6.07 Å². The summed E-state index contributed by atoms with van der Waals surface area (Å²) >= 11 is 0. The standard InChI is InChI=1S/C18H18FN3O/c1-12(16-5-3-4-6-17(16)19)21-13(2)18(23)22-15-9-7-14(11-20)8-10-15/h3-10,12-13,21H,1-2H3,(H,22,23). The van der Waals surface area contributed by atoms with Crippen LogP contribution in [-0.2, 0) is 4.79 Å². The predicted octanol–water partition coefficient (Wildman–Crippen LogP) is 3.38. The molecule has 0 spiro atoms. The quantitative estimate of drug-likeness (QED) is 0.889. The lowest BCUT2D eigenvalue weighted by Crippen LogP contribution is -2.39. The van der Waals surface area contributed by atoms with E-state index in [1.54, 1.807) is 49.4 Å². The Kier molecular flexibility index (Phi) is 5.45. The lowest BCUT2D eigenvalue weighted by Gasteiger charge is -2.20. The SMILES string of the molecule is CC(NC(C)c1ccccc1F)C(=O)Nc1ccc(C#N)cc1. The fourth-order valence-electron chi connectivity index (χ4n) is 2.25. The van der Waals surface area contributed by atoms with Gasteiger partial charge in [-0.3, -0.25) is 10.1 Å². The van der Waals surface area contributed by atoms with Gasteiger partial charge in [-0.1, -0.05) is 18.2 Å². The third kappa shape index (κ3) is 4.38. The monoisotopic (exact) mass is 311 g/mol. The molecule has 2 aromatic carbocycles. The van der Waals surface area contributed by atoms with Crippen molar-refractivity contribution in [1.82, 2.24) is 5.32 Å². The minimum Gasteiger partial charge on any atom is -0.325 e. The van der Waals surface area contributed by atoms with E-state index in [-0.39, 0.29) is 17.8 Å². The van der Waals surface area contributed by atoms with Crippen LogP contribution in [0.2, 0.25) is 0 Å². The Labute approximate surface area is 134 Å². The van der Waals surface area contributed by atoms with E-state index in [2.05, 4.69) is 10.6 Å². The second-order valence-corrected chi connectivity index (χ2v) is 5.31. The zero-order valence-corrected chi connectivity index (χ0v) is 13.0. The number of nitrogens with one attached hydrogen (secondary N) is 2. The molecule has 0 saturated heterocycles. The molecule has 2 aromatic rings. The molecule has 0 bridgehead atoms. The average molecular weight is 311 g/mol. The number of benzene rings is 2. The summed E-state index contributed by atoms with van der Waals surface area (Å²) in [5.41, 5.74) is 1.66. The van der Waals surface area contributed by atoms with Crippen LogP contribution < -0.4 is 10.6 Å². The molecule has 0 fully saturated rings. The van der Waals surface area contributed by atoms with Crippen LogP contribution in [0.1, 0.15) is 31.0 Å². The molecule has 0 aromatic heterocycles. The van der Waals surface area contributed by atoms with Crippen LogP contribution in [0.3, 0.4) is 0 Å². The molecule has 1 amide bonds. The van der Waals surface area contributed by atoms with Gasteiger partial charge in [0.1, 0.15) is 5.82 Å². The van der Waals surface area contributed by atoms with Crippen LogP contribution in [0, 0.1) is 17.1 Å². The topological polar surface area (TPSA) is 64.9 Å². The third-order valence-corrected chi connectivity index (χ3v) is 3.55. The summed E-state index contributed by atoms with van der Waals surface area (Å²) in [7, 11) is 0. The molecule has 0 aliphatic rings. The molecule has 0 aliphatic heterocycles. The highest BCUT2D eigenvalue weighted by Gasteiger charge is 2.18. The molecule has 0 saturated carbocycles. The van der Waals surface area contributed by atoms with Gasteiger partial charge in [-0.2, -0.15) is 5.26 Å². The van der Waals surface area contributed by atoms with E-state index < -0.39 is 6.04 Å². The predicted molar refractivity (Wildman–Crippen MR) is 87.2 cm³/mol. The first kappa shape index (κ1) is 16.7. The molecule has 23 heavy (non-hydrogen) atoms. The number of rotatable bonds is 5. The molecule has 2 unspecified atom stereocenters. The molecule has 2 rings (SSSR count). The molecule has 4 nitrogen and oxygen atoms in total. The van der Waals surface area contributed by atoms with Crippen molar-refractivity contribution in [1.29, 1.82) is 5.26 Å². The lowest BCUT2D eigenvalue weighted by molar-refractivity contribution is -0.117. The molecule has 118 valence electrons. The molecule has 2 atom stereocenters. The highest BCUT2D eigenvalue weighted by Crippen LogP contribution is 2.17. The van der Waals surface area contributed by atoms with Crippen LogP contribution in [0.5, 0.6) is 0 Å².